The topological polar surface area (TPSA) is 12.5 Å². The summed E-state index contributed by atoms with van der Waals surface area (Å²) in [5.74, 6) is -44.8. The molecule has 0 spiro atoms. The lowest BCUT2D eigenvalue weighted by molar-refractivity contribution is -0.402. The maximum absolute atomic E-state index is 13.3. The van der Waals surface area contributed by atoms with Crippen LogP contribution in [0.15, 0.2) is 0 Å². The third-order valence-electron chi connectivity index (χ3n) is 3.54. The van der Waals surface area contributed by atoms with E-state index in [9.17, 15) is 79.0 Å². The summed E-state index contributed by atoms with van der Waals surface area (Å²) in [5.41, 5.74) is 0. The fourth-order valence-corrected chi connectivity index (χ4v) is 1.80. The maximum Gasteiger partial charge on any atom is 0.460 e. The molecule has 0 aromatic rings. The van der Waals surface area contributed by atoms with Crippen LogP contribution < -0.4 is 0 Å². The standard InChI is InChI=1S/C10H2F18O/c11-3(12,5(15,16)7(19,20)9(23,24)25)1-2(29-1)4(13,14)6(17,18)8(21,22)10(26,27)28/h1-2H/t1-,2-/m1/s1. The summed E-state index contributed by atoms with van der Waals surface area (Å²) in [7, 11) is 0. The second kappa shape index (κ2) is 6.12. The fraction of sp³-hybridized carbons (Fsp3) is 1.00. The van der Waals surface area contributed by atoms with Crippen molar-refractivity contribution in [3.8, 4) is 0 Å². The van der Waals surface area contributed by atoms with Crippen LogP contribution in [0, 0.1) is 0 Å². The molecule has 174 valence electrons. The van der Waals surface area contributed by atoms with E-state index in [1.54, 1.807) is 0 Å². The molecule has 2 atom stereocenters. The Morgan fingerprint density at radius 1 is 0.345 bits per heavy atom. The number of hydrogen-bond donors (Lipinski definition) is 0. The van der Waals surface area contributed by atoms with Crippen LogP contribution in [0.4, 0.5) is 79.0 Å². The summed E-state index contributed by atoms with van der Waals surface area (Å²) in [4.78, 5) is 0. The molecule has 0 N–H and O–H groups in total. The van der Waals surface area contributed by atoms with Crippen molar-refractivity contribution in [1.29, 1.82) is 0 Å². The summed E-state index contributed by atoms with van der Waals surface area (Å²) in [6.45, 7) is 0. The van der Waals surface area contributed by atoms with Crippen molar-refractivity contribution < 1.29 is 83.8 Å². The van der Waals surface area contributed by atoms with Gasteiger partial charge in [-0.25, -0.2) is 0 Å². The molecule has 0 radical (unpaired) electrons. The van der Waals surface area contributed by atoms with E-state index in [-0.39, 0.29) is 0 Å². The van der Waals surface area contributed by atoms with E-state index in [4.69, 9.17) is 0 Å². The van der Waals surface area contributed by atoms with Crippen molar-refractivity contribution in [3.05, 3.63) is 0 Å². The van der Waals surface area contributed by atoms with Gasteiger partial charge >= 0.3 is 47.9 Å². The Kier molecular flexibility index (Phi) is 5.43. The first-order valence-corrected chi connectivity index (χ1v) is 6.28. The predicted molar refractivity (Wildman–Crippen MR) is 50.5 cm³/mol. The first-order valence-electron chi connectivity index (χ1n) is 6.28. The highest BCUT2D eigenvalue weighted by Gasteiger charge is 2.91. The average molecular weight is 480 g/mol. The minimum absolute atomic E-state index is 2.77. The normalized spacial score (nSPS) is 23.4. The third kappa shape index (κ3) is 3.26. The number of rotatable bonds is 6. The first kappa shape index (κ1) is 25.7. The molecule has 1 aliphatic rings. The van der Waals surface area contributed by atoms with Gasteiger partial charge in [0, 0.05) is 0 Å². The van der Waals surface area contributed by atoms with Gasteiger partial charge in [-0.2, -0.15) is 79.0 Å². The largest absolute Gasteiger partial charge is 0.460 e. The van der Waals surface area contributed by atoms with E-state index in [0.29, 0.717) is 0 Å². The van der Waals surface area contributed by atoms with Crippen LogP contribution in [0.5, 0.6) is 0 Å². The van der Waals surface area contributed by atoms with Gasteiger partial charge in [0.2, 0.25) is 0 Å². The summed E-state index contributed by atoms with van der Waals surface area (Å²) >= 11 is 0. The van der Waals surface area contributed by atoms with E-state index in [1.807, 2.05) is 0 Å². The van der Waals surface area contributed by atoms with Gasteiger partial charge in [0.05, 0.1) is 0 Å². The second-order valence-electron chi connectivity index (χ2n) is 5.52. The molecule has 0 saturated carbocycles. The highest BCUT2D eigenvalue weighted by molar-refractivity contribution is 5.17. The van der Waals surface area contributed by atoms with E-state index in [1.165, 1.54) is 0 Å². The minimum atomic E-state index is -7.67. The molecule has 0 unspecified atom stereocenters. The number of alkyl halides is 18. The van der Waals surface area contributed by atoms with Crippen molar-refractivity contribution >= 4 is 0 Å². The molecular weight excluding hydrogens is 478 g/mol. The highest BCUT2D eigenvalue weighted by atomic mass is 19.4. The van der Waals surface area contributed by atoms with Crippen molar-refractivity contribution in [1.82, 2.24) is 0 Å². The summed E-state index contributed by atoms with van der Waals surface area (Å²) in [6, 6.07) is 0. The first-order chi connectivity index (χ1) is 12.2. The van der Waals surface area contributed by atoms with Gasteiger partial charge in [-0.3, -0.25) is 0 Å². The molecule has 19 heteroatoms. The molecule has 0 aliphatic carbocycles. The molecule has 1 aliphatic heterocycles. The van der Waals surface area contributed by atoms with Crippen LogP contribution in [-0.2, 0) is 4.74 Å². The molecule has 0 bridgehead atoms. The molecule has 29 heavy (non-hydrogen) atoms. The van der Waals surface area contributed by atoms with Crippen molar-refractivity contribution in [2.45, 2.75) is 60.1 Å². The summed E-state index contributed by atoms with van der Waals surface area (Å²) in [6.07, 6.45) is -24.3. The zero-order valence-electron chi connectivity index (χ0n) is 12.4. The van der Waals surface area contributed by atoms with Gasteiger partial charge in [-0.15, -0.1) is 0 Å². The molecule has 0 amide bonds. The van der Waals surface area contributed by atoms with Gasteiger partial charge in [0.25, 0.3) is 0 Å². The predicted octanol–water partition coefficient (Wildman–Crippen LogP) is 5.69. The Labute approximate surface area is 145 Å². The van der Waals surface area contributed by atoms with Crippen LogP contribution in [0.1, 0.15) is 0 Å². The van der Waals surface area contributed by atoms with Gasteiger partial charge in [0.1, 0.15) is 0 Å². The van der Waals surface area contributed by atoms with Crippen LogP contribution in [0.3, 0.4) is 0 Å². The molecule has 1 rings (SSSR count). The Morgan fingerprint density at radius 2 is 0.552 bits per heavy atom. The number of ether oxygens (including phenoxy) is 1. The number of epoxide rings is 1. The van der Waals surface area contributed by atoms with Crippen molar-refractivity contribution in [2.24, 2.45) is 0 Å². The molecule has 0 aromatic heterocycles. The van der Waals surface area contributed by atoms with Crippen LogP contribution in [0.25, 0.3) is 0 Å². The molecule has 1 saturated heterocycles. The SMILES string of the molecule is FC(F)(F)C(F)(F)C(F)(F)C(F)(F)[C@@H]1O[C@H]1C(F)(F)C(F)(F)C(F)(F)C(F)(F)F. The Bertz CT molecular complexity index is 572. The van der Waals surface area contributed by atoms with Gasteiger partial charge in [-0.05, 0) is 0 Å². The Hall–Kier alpha value is -1.30. The van der Waals surface area contributed by atoms with Crippen molar-refractivity contribution in [2.75, 3.05) is 0 Å². The monoisotopic (exact) mass is 480 g/mol. The molecule has 1 heterocycles. The molecule has 1 nitrogen and oxygen atoms in total. The average Bonchev–Trinajstić information content (AvgIpc) is 3.25. The highest BCUT2D eigenvalue weighted by Crippen LogP contribution is 2.62. The summed E-state index contributed by atoms with van der Waals surface area (Å²) in [5, 5.41) is 0. The van der Waals surface area contributed by atoms with E-state index < -0.39 is 60.1 Å². The zero-order chi connectivity index (χ0) is 23.9. The lowest BCUT2D eigenvalue weighted by Crippen LogP contribution is -2.65. The Balaban J connectivity index is 3.32. The lowest BCUT2D eigenvalue weighted by Gasteiger charge is -2.34. The fourth-order valence-electron chi connectivity index (χ4n) is 1.80. The Morgan fingerprint density at radius 3 is 0.724 bits per heavy atom. The van der Waals surface area contributed by atoms with Gasteiger partial charge < -0.3 is 4.74 Å². The molecule has 1 fully saturated rings. The van der Waals surface area contributed by atoms with Crippen LogP contribution >= 0.6 is 0 Å². The summed E-state index contributed by atoms with van der Waals surface area (Å²) < 4.78 is 229. The van der Waals surface area contributed by atoms with E-state index in [0.717, 1.165) is 0 Å². The quantitative estimate of drug-likeness (QED) is 0.352. The molecular formula is C10H2F18O. The van der Waals surface area contributed by atoms with Crippen molar-refractivity contribution in [3.63, 3.8) is 0 Å². The molecule has 0 aromatic carbocycles. The van der Waals surface area contributed by atoms with E-state index >= 15 is 0 Å². The number of halogens is 18. The van der Waals surface area contributed by atoms with Crippen LogP contribution in [-0.4, -0.2) is 60.1 Å². The van der Waals surface area contributed by atoms with Crippen LogP contribution in [0.2, 0.25) is 0 Å². The maximum atomic E-state index is 13.3. The number of hydrogen-bond acceptors (Lipinski definition) is 1. The van der Waals surface area contributed by atoms with E-state index in [2.05, 4.69) is 4.74 Å². The van der Waals surface area contributed by atoms with Gasteiger partial charge in [0.15, 0.2) is 12.2 Å². The minimum Gasteiger partial charge on any atom is -0.356 e. The smallest absolute Gasteiger partial charge is 0.356 e. The second-order valence-corrected chi connectivity index (χ2v) is 5.52. The van der Waals surface area contributed by atoms with Gasteiger partial charge in [-0.1, -0.05) is 0 Å². The zero-order valence-corrected chi connectivity index (χ0v) is 12.4. The lowest BCUT2D eigenvalue weighted by atomic mass is 9.94. The third-order valence-corrected chi connectivity index (χ3v) is 3.54.